The Balaban J connectivity index is 0. The molecule has 1 aromatic rings. The fourth-order valence-electron chi connectivity index (χ4n) is 1.80. The summed E-state index contributed by atoms with van der Waals surface area (Å²) in [4.78, 5) is 15.1. The van der Waals surface area contributed by atoms with Crippen molar-refractivity contribution in [1.29, 1.82) is 0 Å². The van der Waals surface area contributed by atoms with Crippen LogP contribution < -0.4 is 5.32 Å². The van der Waals surface area contributed by atoms with Gasteiger partial charge in [0.05, 0.1) is 6.10 Å². The molecule has 0 fully saturated rings. The lowest BCUT2D eigenvalue weighted by atomic mass is 10.1. The molecule has 0 spiro atoms. The number of allylic oxidation sites excluding steroid dienone is 1. The number of carbonyl (C=O) groups excluding carboxylic acids is 1. The van der Waals surface area contributed by atoms with Gasteiger partial charge in [0.25, 0.3) is 0 Å². The molecular weight excluding hydrogens is 384 g/mol. The Morgan fingerprint density at radius 2 is 1.76 bits per heavy atom. The molecule has 0 bridgehead atoms. The highest BCUT2D eigenvalue weighted by Gasteiger charge is 2.06. The number of alkyl carbamates (subject to hydrolysis) is 1. The normalized spacial score (nSPS) is 10.4. The minimum Gasteiger partial charge on any atom is -0.447 e. The second-order valence-corrected chi connectivity index (χ2v) is 8.07. The number of hydrogen-bond donors (Lipinski definition) is 1. The highest BCUT2D eigenvalue weighted by Crippen LogP contribution is 2.15. The maximum absolute atomic E-state index is 11.2. The molecule has 0 saturated heterocycles. The molecule has 4 nitrogen and oxygen atoms in total. The number of nitrogens with one attached hydrogen (secondary N) is 1. The number of ether oxygens (including phenoxy) is 1. The number of rotatable bonds is 4. The van der Waals surface area contributed by atoms with Gasteiger partial charge in [0.2, 0.25) is 0 Å². The molecule has 5 heteroatoms. The van der Waals surface area contributed by atoms with E-state index in [9.17, 15) is 4.79 Å². The van der Waals surface area contributed by atoms with E-state index in [1.54, 1.807) is 27.0 Å². The van der Waals surface area contributed by atoms with Crippen molar-refractivity contribution in [2.24, 2.45) is 10.9 Å². The van der Waals surface area contributed by atoms with Crippen molar-refractivity contribution in [2.75, 3.05) is 7.05 Å². The average Bonchev–Trinajstić information content (AvgIpc) is 2.63. The molecule has 1 rings (SSSR count). The van der Waals surface area contributed by atoms with Gasteiger partial charge < -0.3 is 4.74 Å². The van der Waals surface area contributed by atoms with Crippen molar-refractivity contribution in [3.8, 4) is 0 Å². The molecule has 0 saturated carbocycles. The standard InChI is InChI=1S/C10H18N2O2.C9H11Cl.C5H12/c1-7(2)6-9(11-5)12-10(13)14-8(3)4;1-3-8-6-9(10)5-4-7(8)2;1-4-5(2)3/h6,8H,1-5H3,(H,11,12,13);4-6H,3H2,1-2H3;5H,4H2,1-3H3. The molecule has 0 atom stereocenters. The fourth-order valence-corrected chi connectivity index (χ4v) is 1.99. The molecule has 0 aliphatic carbocycles. The van der Waals surface area contributed by atoms with Crippen LogP contribution in [-0.4, -0.2) is 25.1 Å². The van der Waals surface area contributed by atoms with Crippen LogP contribution in [0.4, 0.5) is 4.79 Å². The third-order valence-corrected chi connectivity index (χ3v) is 3.98. The first kappa shape index (κ1) is 29.4. The van der Waals surface area contributed by atoms with Crippen LogP contribution in [0.15, 0.2) is 34.8 Å². The summed E-state index contributed by atoms with van der Waals surface area (Å²) in [5, 5.41) is 3.38. The van der Waals surface area contributed by atoms with E-state index >= 15 is 0 Å². The van der Waals surface area contributed by atoms with E-state index in [1.165, 1.54) is 17.5 Å². The van der Waals surface area contributed by atoms with Gasteiger partial charge in [0.15, 0.2) is 0 Å². The Bertz CT molecular complexity index is 646. The Hall–Kier alpha value is -1.81. The molecule has 166 valence electrons. The zero-order valence-corrected chi connectivity index (χ0v) is 20.8. The van der Waals surface area contributed by atoms with Crippen LogP contribution >= 0.6 is 11.6 Å². The summed E-state index contributed by atoms with van der Waals surface area (Å²) in [5.74, 6) is 1.39. The van der Waals surface area contributed by atoms with Crippen molar-refractivity contribution < 1.29 is 9.53 Å². The first-order chi connectivity index (χ1) is 13.5. The molecule has 1 amide bonds. The van der Waals surface area contributed by atoms with Crippen molar-refractivity contribution >= 4 is 23.5 Å². The fraction of sp³-hybridized carbons (Fsp3) is 0.583. The van der Waals surface area contributed by atoms with E-state index in [0.717, 1.165) is 22.9 Å². The van der Waals surface area contributed by atoms with Crippen molar-refractivity contribution in [1.82, 2.24) is 5.32 Å². The van der Waals surface area contributed by atoms with Crippen LogP contribution in [-0.2, 0) is 11.2 Å². The van der Waals surface area contributed by atoms with E-state index < -0.39 is 6.09 Å². The number of hydrogen-bond acceptors (Lipinski definition) is 3. The summed E-state index contributed by atoms with van der Waals surface area (Å²) < 4.78 is 4.90. The number of amides is 1. The van der Waals surface area contributed by atoms with Gasteiger partial charge in [-0.3, -0.25) is 10.3 Å². The van der Waals surface area contributed by atoms with Gasteiger partial charge in [0.1, 0.15) is 5.84 Å². The smallest absolute Gasteiger partial charge is 0.413 e. The first-order valence-electron chi connectivity index (χ1n) is 10.3. The topological polar surface area (TPSA) is 50.7 Å². The van der Waals surface area contributed by atoms with E-state index in [2.05, 4.69) is 51.0 Å². The Morgan fingerprint density at radius 1 is 1.21 bits per heavy atom. The van der Waals surface area contributed by atoms with E-state index in [1.807, 2.05) is 26.0 Å². The molecule has 29 heavy (non-hydrogen) atoms. The van der Waals surface area contributed by atoms with Crippen LogP contribution in [0.2, 0.25) is 5.02 Å². The maximum Gasteiger partial charge on any atom is 0.413 e. The summed E-state index contributed by atoms with van der Waals surface area (Å²) in [6.07, 6.45) is 3.55. The molecule has 0 heterocycles. The van der Waals surface area contributed by atoms with Gasteiger partial charge in [0, 0.05) is 12.1 Å². The summed E-state index contributed by atoms with van der Waals surface area (Å²) >= 11 is 5.80. The maximum atomic E-state index is 11.2. The number of benzene rings is 1. The minimum absolute atomic E-state index is 0.125. The quantitative estimate of drug-likeness (QED) is 0.404. The SMILES string of the molecule is CCC(C)C.CCc1cc(Cl)ccc1C.CN=C(C=C(C)C)NC(=O)OC(C)C. The van der Waals surface area contributed by atoms with E-state index in [-0.39, 0.29) is 6.10 Å². The van der Waals surface area contributed by atoms with Crippen molar-refractivity contribution in [3.63, 3.8) is 0 Å². The van der Waals surface area contributed by atoms with Crippen LogP contribution in [0, 0.1) is 12.8 Å². The van der Waals surface area contributed by atoms with Crippen LogP contribution in [0.3, 0.4) is 0 Å². The van der Waals surface area contributed by atoms with E-state index in [4.69, 9.17) is 16.3 Å². The zero-order chi connectivity index (χ0) is 23.0. The molecule has 0 aromatic heterocycles. The Kier molecular flexibility index (Phi) is 17.3. The minimum atomic E-state index is -0.474. The summed E-state index contributed by atoms with van der Waals surface area (Å²) in [6, 6.07) is 6.01. The van der Waals surface area contributed by atoms with Crippen LogP contribution in [0.5, 0.6) is 0 Å². The molecule has 0 unspecified atom stereocenters. The van der Waals surface area contributed by atoms with Crippen molar-refractivity contribution in [2.45, 2.75) is 81.3 Å². The number of halogens is 1. The summed E-state index contributed by atoms with van der Waals surface area (Å²) in [6.45, 7) is 18.3. The zero-order valence-electron chi connectivity index (χ0n) is 20.0. The molecular formula is C24H41ClN2O2. The lowest BCUT2D eigenvalue weighted by molar-refractivity contribution is 0.120. The van der Waals surface area contributed by atoms with Gasteiger partial charge >= 0.3 is 6.09 Å². The Labute approximate surface area is 183 Å². The van der Waals surface area contributed by atoms with Crippen LogP contribution in [0.1, 0.15) is 72.9 Å². The second kappa shape index (κ2) is 17.1. The molecule has 1 N–H and O–H groups in total. The predicted molar refractivity (Wildman–Crippen MR) is 128 cm³/mol. The highest BCUT2D eigenvalue weighted by molar-refractivity contribution is 6.30. The van der Waals surface area contributed by atoms with Gasteiger partial charge in [-0.25, -0.2) is 4.79 Å². The lowest BCUT2D eigenvalue weighted by Gasteiger charge is -2.09. The van der Waals surface area contributed by atoms with E-state index in [0.29, 0.717) is 5.84 Å². The predicted octanol–water partition coefficient (Wildman–Crippen LogP) is 7.38. The number of aliphatic imine (C=N–C) groups is 1. The number of carbonyl (C=O) groups is 1. The van der Waals surface area contributed by atoms with Gasteiger partial charge in [-0.1, -0.05) is 57.4 Å². The molecule has 1 aromatic carbocycles. The third-order valence-electron chi connectivity index (χ3n) is 3.75. The monoisotopic (exact) mass is 424 g/mol. The molecule has 0 aliphatic rings. The van der Waals surface area contributed by atoms with Crippen molar-refractivity contribution in [3.05, 3.63) is 46.0 Å². The largest absolute Gasteiger partial charge is 0.447 e. The summed E-state index contributed by atoms with van der Waals surface area (Å²) in [5.41, 5.74) is 3.73. The van der Waals surface area contributed by atoms with Gasteiger partial charge in [-0.15, -0.1) is 0 Å². The Morgan fingerprint density at radius 3 is 2.10 bits per heavy atom. The first-order valence-corrected chi connectivity index (χ1v) is 10.7. The van der Waals surface area contributed by atoms with Crippen LogP contribution in [0.25, 0.3) is 0 Å². The van der Waals surface area contributed by atoms with Gasteiger partial charge in [-0.2, -0.15) is 0 Å². The van der Waals surface area contributed by atoms with Gasteiger partial charge in [-0.05, 0) is 76.3 Å². The second-order valence-electron chi connectivity index (χ2n) is 7.64. The molecule has 0 radical (unpaired) electrons. The average molecular weight is 425 g/mol. The number of amidine groups is 1. The number of nitrogens with zero attached hydrogens (tertiary/aromatic N) is 1. The lowest BCUT2D eigenvalue weighted by Crippen LogP contribution is -2.31. The number of aryl methyl sites for hydroxylation is 2. The molecule has 0 aliphatic heterocycles. The highest BCUT2D eigenvalue weighted by atomic mass is 35.5. The third kappa shape index (κ3) is 18.0. The summed E-state index contributed by atoms with van der Waals surface area (Å²) in [7, 11) is 1.62.